The maximum atomic E-state index is 12.5. The number of hydrogen-bond acceptors (Lipinski definition) is 6. The lowest BCUT2D eigenvalue weighted by Crippen LogP contribution is -2.16. The van der Waals surface area contributed by atoms with E-state index in [1.165, 1.54) is 50.7 Å². The Morgan fingerprint density at radius 3 is 1.90 bits per heavy atom. The number of benzene rings is 1. The SMILES string of the molecule is CCCCCCCCOC(=O)Oc1c(Cl)cc(N)cc1C(=O)OCCCCCCCC. The van der Waals surface area contributed by atoms with Crippen molar-refractivity contribution in [2.45, 2.75) is 90.9 Å². The second-order valence-corrected chi connectivity index (χ2v) is 8.16. The molecule has 7 heteroatoms. The molecule has 0 bridgehead atoms. The molecule has 0 fully saturated rings. The Morgan fingerprint density at radius 2 is 1.32 bits per heavy atom. The molecule has 0 saturated carbocycles. The van der Waals surface area contributed by atoms with Crippen LogP contribution in [0.2, 0.25) is 5.02 Å². The third-order valence-corrected chi connectivity index (χ3v) is 5.20. The molecule has 0 radical (unpaired) electrons. The van der Waals surface area contributed by atoms with Crippen LogP contribution in [0.3, 0.4) is 0 Å². The van der Waals surface area contributed by atoms with Crippen molar-refractivity contribution in [1.29, 1.82) is 0 Å². The summed E-state index contributed by atoms with van der Waals surface area (Å²) in [5, 5.41) is 0.0584. The van der Waals surface area contributed by atoms with Gasteiger partial charge in [-0.3, -0.25) is 0 Å². The predicted octanol–water partition coefficient (Wildman–Crippen LogP) is 7.32. The monoisotopic (exact) mass is 455 g/mol. The first-order valence-corrected chi connectivity index (χ1v) is 12.0. The van der Waals surface area contributed by atoms with Gasteiger partial charge in [-0.1, -0.05) is 89.7 Å². The van der Waals surface area contributed by atoms with Gasteiger partial charge >= 0.3 is 12.1 Å². The lowest BCUT2D eigenvalue weighted by molar-refractivity contribution is 0.0492. The summed E-state index contributed by atoms with van der Waals surface area (Å²) in [5.74, 6) is -0.710. The highest BCUT2D eigenvalue weighted by Gasteiger charge is 2.21. The van der Waals surface area contributed by atoms with E-state index in [1.807, 2.05) is 0 Å². The highest BCUT2D eigenvalue weighted by molar-refractivity contribution is 6.33. The smallest absolute Gasteiger partial charge is 0.462 e. The van der Waals surface area contributed by atoms with Gasteiger partial charge in [-0.25, -0.2) is 9.59 Å². The largest absolute Gasteiger partial charge is 0.513 e. The van der Waals surface area contributed by atoms with E-state index in [1.54, 1.807) is 0 Å². The van der Waals surface area contributed by atoms with Gasteiger partial charge in [0.2, 0.25) is 0 Å². The molecule has 176 valence electrons. The molecule has 1 aromatic carbocycles. The minimum atomic E-state index is -0.898. The van der Waals surface area contributed by atoms with Crippen LogP contribution in [0.1, 0.15) is 101 Å². The average Bonchev–Trinajstić information content (AvgIpc) is 2.74. The highest BCUT2D eigenvalue weighted by atomic mass is 35.5. The molecule has 0 heterocycles. The van der Waals surface area contributed by atoms with Gasteiger partial charge in [0.05, 0.1) is 18.2 Å². The molecule has 0 spiro atoms. The number of carbonyl (C=O) groups excluding carboxylic acids is 2. The normalized spacial score (nSPS) is 10.7. The minimum absolute atomic E-state index is 0.0208. The number of hydrogen-bond donors (Lipinski definition) is 1. The number of carbonyl (C=O) groups is 2. The Bertz CT molecular complexity index is 666. The number of halogens is 1. The molecule has 6 nitrogen and oxygen atoms in total. The summed E-state index contributed by atoms with van der Waals surface area (Å²) in [5.41, 5.74) is 6.11. The molecule has 1 rings (SSSR count). The first kappa shape index (κ1) is 27.1. The van der Waals surface area contributed by atoms with Crippen LogP contribution in [0, 0.1) is 0 Å². The van der Waals surface area contributed by atoms with Crippen LogP contribution < -0.4 is 10.5 Å². The number of nitrogens with two attached hydrogens (primary N) is 1. The quantitative estimate of drug-likeness (QED) is 0.121. The number of unbranched alkanes of at least 4 members (excludes halogenated alkanes) is 10. The Labute approximate surface area is 191 Å². The van der Waals surface area contributed by atoms with Crippen LogP contribution in [0.5, 0.6) is 5.75 Å². The van der Waals surface area contributed by atoms with Crippen LogP contribution in [0.4, 0.5) is 10.5 Å². The fraction of sp³-hybridized carbons (Fsp3) is 0.667. The summed E-state index contributed by atoms with van der Waals surface area (Å²) in [7, 11) is 0. The van der Waals surface area contributed by atoms with Crippen LogP contribution in [-0.2, 0) is 9.47 Å². The summed E-state index contributed by atoms with van der Waals surface area (Å²) in [6.45, 7) is 4.89. The van der Waals surface area contributed by atoms with E-state index in [2.05, 4.69) is 13.8 Å². The van der Waals surface area contributed by atoms with Crippen molar-refractivity contribution in [1.82, 2.24) is 0 Å². The predicted molar refractivity (Wildman–Crippen MR) is 125 cm³/mol. The van der Waals surface area contributed by atoms with Gasteiger partial charge in [-0.2, -0.15) is 0 Å². The molecule has 0 amide bonds. The second-order valence-electron chi connectivity index (χ2n) is 7.75. The third-order valence-electron chi connectivity index (χ3n) is 4.92. The molecule has 0 saturated heterocycles. The molecule has 31 heavy (non-hydrogen) atoms. The first-order valence-electron chi connectivity index (χ1n) is 11.6. The van der Waals surface area contributed by atoms with Crippen LogP contribution in [0.15, 0.2) is 12.1 Å². The Morgan fingerprint density at radius 1 is 0.806 bits per heavy atom. The zero-order valence-electron chi connectivity index (χ0n) is 19.1. The lowest BCUT2D eigenvalue weighted by atomic mass is 10.1. The fourth-order valence-electron chi connectivity index (χ4n) is 3.15. The molecule has 0 aliphatic carbocycles. The maximum absolute atomic E-state index is 12.5. The van der Waals surface area contributed by atoms with Gasteiger partial charge in [0.1, 0.15) is 5.56 Å². The zero-order chi connectivity index (χ0) is 22.9. The van der Waals surface area contributed by atoms with Crippen molar-refractivity contribution in [3.8, 4) is 5.75 Å². The fourth-order valence-corrected chi connectivity index (χ4v) is 3.41. The molecular formula is C24H38ClNO5. The van der Waals surface area contributed by atoms with Crippen LogP contribution in [0.25, 0.3) is 0 Å². The molecule has 0 atom stereocenters. The number of esters is 1. The number of nitrogen functional groups attached to an aromatic ring is 1. The van der Waals surface area contributed by atoms with Gasteiger partial charge in [0.15, 0.2) is 5.75 Å². The summed E-state index contributed by atoms with van der Waals surface area (Å²) in [4.78, 5) is 24.6. The van der Waals surface area contributed by atoms with Gasteiger partial charge in [0, 0.05) is 5.69 Å². The molecule has 2 N–H and O–H groups in total. The highest BCUT2D eigenvalue weighted by Crippen LogP contribution is 2.32. The van der Waals surface area contributed by atoms with Crippen LogP contribution >= 0.6 is 11.6 Å². The van der Waals surface area contributed by atoms with E-state index in [-0.39, 0.29) is 28.6 Å². The van der Waals surface area contributed by atoms with E-state index >= 15 is 0 Å². The molecule has 0 aliphatic heterocycles. The van der Waals surface area contributed by atoms with E-state index in [0.29, 0.717) is 6.61 Å². The Kier molecular flexibility index (Phi) is 14.6. The molecular weight excluding hydrogens is 418 g/mol. The minimum Gasteiger partial charge on any atom is -0.462 e. The summed E-state index contributed by atoms with van der Waals surface area (Å²) in [6, 6.07) is 2.81. The summed E-state index contributed by atoms with van der Waals surface area (Å²) in [6.07, 6.45) is 12.1. The number of ether oxygens (including phenoxy) is 3. The standard InChI is InChI=1S/C24H38ClNO5/c1-3-5-7-9-11-13-15-29-23(27)20-17-19(26)18-21(25)22(20)31-24(28)30-16-14-12-10-8-6-4-2/h17-18H,3-16,26H2,1-2H3. The van der Waals surface area contributed by atoms with Crippen molar-refractivity contribution in [3.63, 3.8) is 0 Å². The Balaban J connectivity index is 2.51. The summed E-state index contributed by atoms with van der Waals surface area (Å²) >= 11 is 6.17. The van der Waals surface area contributed by atoms with Gasteiger partial charge in [-0.05, 0) is 25.0 Å². The van der Waals surface area contributed by atoms with Crippen molar-refractivity contribution in [3.05, 3.63) is 22.7 Å². The number of anilines is 1. The molecule has 1 aromatic rings. The van der Waals surface area contributed by atoms with Crippen molar-refractivity contribution >= 4 is 29.4 Å². The van der Waals surface area contributed by atoms with E-state index in [9.17, 15) is 9.59 Å². The van der Waals surface area contributed by atoms with E-state index < -0.39 is 12.1 Å². The lowest BCUT2D eigenvalue weighted by Gasteiger charge is -2.13. The third kappa shape index (κ3) is 11.9. The van der Waals surface area contributed by atoms with Gasteiger partial charge < -0.3 is 19.9 Å². The number of rotatable bonds is 16. The summed E-state index contributed by atoms with van der Waals surface area (Å²) < 4.78 is 15.7. The topological polar surface area (TPSA) is 87.9 Å². The van der Waals surface area contributed by atoms with E-state index in [4.69, 9.17) is 31.5 Å². The van der Waals surface area contributed by atoms with Crippen LogP contribution in [-0.4, -0.2) is 25.3 Å². The maximum Gasteiger partial charge on any atom is 0.513 e. The van der Waals surface area contributed by atoms with Crippen molar-refractivity contribution < 1.29 is 23.8 Å². The van der Waals surface area contributed by atoms with Gasteiger partial charge in [0.25, 0.3) is 0 Å². The zero-order valence-corrected chi connectivity index (χ0v) is 19.8. The van der Waals surface area contributed by atoms with Crippen molar-refractivity contribution in [2.24, 2.45) is 0 Å². The first-order chi connectivity index (χ1) is 15.0. The second kappa shape index (κ2) is 16.7. The Hall–Kier alpha value is -1.95. The average molecular weight is 456 g/mol. The van der Waals surface area contributed by atoms with E-state index in [0.717, 1.165) is 38.5 Å². The molecule has 0 aromatic heterocycles. The van der Waals surface area contributed by atoms with Gasteiger partial charge in [-0.15, -0.1) is 0 Å². The molecule has 0 unspecified atom stereocenters. The van der Waals surface area contributed by atoms with Crippen molar-refractivity contribution in [2.75, 3.05) is 18.9 Å². The molecule has 0 aliphatic rings.